The lowest BCUT2D eigenvalue weighted by Crippen LogP contribution is -2.39. The van der Waals surface area contributed by atoms with Gasteiger partial charge >= 0.3 is 0 Å². The molecule has 0 aliphatic carbocycles. The van der Waals surface area contributed by atoms with E-state index in [1.54, 1.807) is 24.3 Å². The Kier molecular flexibility index (Phi) is 6.83. The maximum Gasteiger partial charge on any atom is 0.233 e. The highest BCUT2D eigenvalue weighted by atomic mass is 35.5. The summed E-state index contributed by atoms with van der Waals surface area (Å²) in [4.78, 5) is 6.62. The van der Waals surface area contributed by atoms with E-state index in [4.69, 9.17) is 32.4 Å². The van der Waals surface area contributed by atoms with E-state index in [1.165, 1.54) is 24.3 Å². The molecule has 3 aromatic rings. The Morgan fingerprint density at radius 1 is 1.03 bits per heavy atom. The van der Waals surface area contributed by atoms with E-state index < -0.39 is 9.84 Å². The zero-order valence-electron chi connectivity index (χ0n) is 16.6. The van der Waals surface area contributed by atoms with Crippen molar-refractivity contribution in [1.29, 1.82) is 0 Å². The van der Waals surface area contributed by atoms with Crippen molar-refractivity contribution in [3.63, 3.8) is 0 Å². The summed E-state index contributed by atoms with van der Waals surface area (Å²) in [5, 5.41) is 3.77. The third kappa shape index (κ3) is 5.05. The number of aromatic nitrogens is 1. The summed E-state index contributed by atoms with van der Waals surface area (Å²) in [6.07, 6.45) is 0. The van der Waals surface area contributed by atoms with Gasteiger partial charge in [0.05, 0.1) is 28.7 Å². The van der Waals surface area contributed by atoms with E-state index in [0.29, 0.717) is 41.9 Å². The number of ether oxygens (including phenoxy) is 1. The van der Waals surface area contributed by atoms with Gasteiger partial charge in [0, 0.05) is 31.2 Å². The number of hydrogen-bond acceptors (Lipinski definition) is 7. The van der Waals surface area contributed by atoms with Crippen LogP contribution in [0, 0.1) is 0 Å². The van der Waals surface area contributed by atoms with Crippen LogP contribution in [0.1, 0.15) is 0 Å². The number of oxazole rings is 1. The summed E-state index contributed by atoms with van der Waals surface area (Å²) < 4.78 is 37.8. The molecule has 164 valence electrons. The zero-order valence-corrected chi connectivity index (χ0v) is 18.9. The molecule has 1 fully saturated rings. The Bertz CT molecular complexity index is 1140. The van der Waals surface area contributed by atoms with E-state index in [-0.39, 0.29) is 21.7 Å². The van der Waals surface area contributed by atoms with Gasteiger partial charge in [0.2, 0.25) is 26.6 Å². The van der Waals surface area contributed by atoms with E-state index in [2.05, 4.69) is 15.2 Å². The van der Waals surface area contributed by atoms with Crippen molar-refractivity contribution in [3.8, 4) is 11.5 Å². The Morgan fingerprint density at radius 2 is 1.74 bits per heavy atom. The van der Waals surface area contributed by atoms with Gasteiger partial charge in [-0.05, 0) is 36.4 Å². The number of nitrogens with one attached hydrogen (secondary N) is 1. The molecule has 0 amide bonds. The number of halogens is 2. The van der Waals surface area contributed by atoms with Crippen LogP contribution in [-0.2, 0) is 14.6 Å². The van der Waals surface area contributed by atoms with Crippen LogP contribution in [0.3, 0.4) is 0 Å². The van der Waals surface area contributed by atoms with Crippen LogP contribution < -0.4 is 5.32 Å². The average molecular weight is 482 g/mol. The van der Waals surface area contributed by atoms with Crippen molar-refractivity contribution in [2.24, 2.45) is 0 Å². The molecule has 0 bridgehead atoms. The number of nitrogens with zero attached hydrogens (tertiary/aromatic N) is 2. The van der Waals surface area contributed by atoms with Crippen LogP contribution >= 0.6 is 23.2 Å². The van der Waals surface area contributed by atoms with Crippen molar-refractivity contribution in [1.82, 2.24) is 9.88 Å². The van der Waals surface area contributed by atoms with Crippen LogP contribution in [0.4, 0.5) is 5.88 Å². The highest BCUT2D eigenvalue weighted by Gasteiger charge is 2.29. The first kappa shape index (κ1) is 22.1. The molecule has 7 nitrogen and oxygen atoms in total. The molecular formula is C21H21Cl2N3O4S. The van der Waals surface area contributed by atoms with Gasteiger partial charge in [-0.15, -0.1) is 0 Å². The number of rotatable bonds is 7. The molecule has 0 radical (unpaired) electrons. The summed E-state index contributed by atoms with van der Waals surface area (Å²) in [6, 6.07) is 12.9. The lowest BCUT2D eigenvalue weighted by Gasteiger charge is -2.26. The number of hydrogen-bond donors (Lipinski definition) is 1. The number of benzene rings is 2. The molecule has 0 saturated carbocycles. The molecule has 10 heteroatoms. The van der Waals surface area contributed by atoms with Gasteiger partial charge in [-0.3, -0.25) is 4.90 Å². The van der Waals surface area contributed by atoms with Crippen LogP contribution in [-0.4, -0.2) is 57.7 Å². The Morgan fingerprint density at radius 3 is 2.45 bits per heavy atom. The average Bonchev–Trinajstić information content (AvgIpc) is 3.20. The third-order valence-electron chi connectivity index (χ3n) is 4.90. The van der Waals surface area contributed by atoms with Gasteiger partial charge in [0.1, 0.15) is 0 Å². The van der Waals surface area contributed by atoms with E-state index >= 15 is 0 Å². The van der Waals surface area contributed by atoms with Crippen LogP contribution in [0.5, 0.6) is 0 Å². The molecule has 31 heavy (non-hydrogen) atoms. The van der Waals surface area contributed by atoms with E-state index in [0.717, 1.165) is 13.1 Å². The molecule has 2 aromatic carbocycles. The molecule has 1 saturated heterocycles. The SMILES string of the molecule is O=S(=O)(c1ccc(Cl)cc1)c1nc(-c2ccccc2Cl)oc1NCCN1CCOCC1. The molecular weight excluding hydrogens is 461 g/mol. The molecule has 1 N–H and O–H groups in total. The lowest BCUT2D eigenvalue weighted by molar-refractivity contribution is 0.0398. The summed E-state index contributed by atoms with van der Waals surface area (Å²) in [5.41, 5.74) is 0.512. The molecule has 4 rings (SSSR count). The third-order valence-corrected chi connectivity index (χ3v) is 7.16. The second kappa shape index (κ2) is 9.58. The maximum absolute atomic E-state index is 13.3. The Balaban J connectivity index is 1.66. The van der Waals surface area contributed by atoms with Gasteiger partial charge in [-0.25, -0.2) is 8.42 Å². The van der Waals surface area contributed by atoms with Gasteiger partial charge < -0.3 is 14.5 Å². The van der Waals surface area contributed by atoms with Crippen LogP contribution in [0.25, 0.3) is 11.5 Å². The molecule has 1 aliphatic rings. The molecule has 1 aliphatic heterocycles. The minimum atomic E-state index is -3.94. The fourth-order valence-corrected chi connectivity index (χ4v) is 4.85. The van der Waals surface area contributed by atoms with Gasteiger partial charge in [-0.2, -0.15) is 4.98 Å². The maximum atomic E-state index is 13.3. The van der Waals surface area contributed by atoms with Gasteiger partial charge in [0.15, 0.2) is 0 Å². The first-order chi connectivity index (χ1) is 14.9. The molecule has 0 atom stereocenters. The van der Waals surface area contributed by atoms with Crippen molar-refractivity contribution >= 4 is 38.9 Å². The van der Waals surface area contributed by atoms with Gasteiger partial charge in [-0.1, -0.05) is 35.3 Å². The van der Waals surface area contributed by atoms with Crippen LogP contribution in [0.2, 0.25) is 10.0 Å². The minimum absolute atomic E-state index is 0.0761. The van der Waals surface area contributed by atoms with Crippen molar-refractivity contribution < 1.29 is 17.6 Å². The first-order valence-electron chi connectivity index (χ1n) is 9.75. The molecule has 0 spiro atoms. The Labute approximate surface area is 190 Å². The summed E-state index contributed by atoms with van der Waals surface area (Å²) in [6.45, 7) is 4.24. The highest BCUT2D eigenvalue weighted by Crippen LogP contribution is 2.35. The van der Waals surface area contributed by atoms with Crippen molar-refractivity contribution in [2.45, 2.75) is 9.92 Å². The van der Waals surface area contributed by atoms with E-state index in [1.807, 2.05) is 0 Å². The second-order valence-corrected chi connectivity index (χ2v) is 9.68. The standard InChI is InChI=1S/C21H21Cl2N3O4S/c22-15-5-7-16(8-6-15)31(27,28)21-20(24-9-10-26-11-13-29-14-12-26)30-19(25-21)17-3-1-2-4-18(17)23/h1-8,24H,9-14H2. The lowest BCUT2D eigenvalue weighted by atomic mass is 10.2. The fraction of sp³-hybridized carbons (Fsp3) is 0.286. The van der Waals surface area contributed by atoms with Gasteiger partial charge in [0.25, 0.3) is 0 Å². The van der Waals surface area contributed by atoms with Crippen molar-refractivity contribution in [2.75, 3.05) is 44.7 Å². The van der Waals surface area contributed by atoms with Crippen LogP contribution in [0.15, 0.2) is 62.9 Å². The summed E-state index contributed by atoms with van der Waals surface area (Å²) in [5.74, 6) is 0.213. The number of morpholine rings is 1. The smallest absolute Gasteiger partial charge is 0.233 e. The molecule has 1 aromatic heterocycles. The second-order valence-electron chi connectivity index (χ2n) is 6.97. The zero-order chi connectivity index (χ0) is 21.8. The Hall–Kier alpha value is -2.10. The predicted octanol–water partition coefficient (Wildman–Crippen LogP) is 4.23. The number of anilines is 1. The molecule has 2 heterocycles. The first-order valence-corrected chi connectivity index (χ1v) is 12.0. The quantitative estimate of drug-likeness (QED) is 0.540. The largest absolute Gasteiger partial charge is 0.419 e. The van der Waals surface area contributed by atoms with E-state index in [9.17, 15) is 8.42 Å². The molecule has 0 unspecified atom stereocenters. The monoisotopic (exact) mass is 481 g/mol. The predicted molar refractivity (Wildman–Crippen MR) is 120 cm³/mol. The topological polar surface area (TPSA) is 84.7 Å². The van der Waals surface area contributed by atoms with Crippen molar-refractivity contribution in [3.05, 3.63) is 58.6 Å². The summed E-state index contributed by atoms with van der Waals surface area (Å²) >= 11 is 12.2. The normalized spacial score (nSPS) is 15.2. The summed E-state index contributed by atoms with van der Waals surface area (Å²) in [7, 11) is -3.94. The number of sulfone groups is 1. The fourth-order valence-electron chi connectivity index (χ4n) is 3.23. The highest BCUT2D eigenvalue weighted by molar-refractivity contribution is 7.91. The minimum Gasteiger partial charge on any atom is -0.419 e.